The first kappa shape index (κ1) is 11.9. The maximum Gasteiger partial charge on any atom is 0.356 e. The van der Waals surface area contributed by atoms with E-state index in [-0.39, 0.29) is 5.97 Å². The Morgan fingerprint density at radius 3 is 2.76 bits per heavy atom. The van der Waals surface area contributed by atoms with Gasteiger partial charge in [-0.3, -0.25) is 5.10 Å². The molecule has 0 bridgehead atoms. The van der Waals surface area contributed by atoms with Gasteiger partial charge >= 0.3 is 5.97 Å². The summed E-state index contributed by atoms with van der Waals surface area (Å²) in [7, 11) is 0. The van der Waals surface area contributed by atoms with Crippen LogP contribution in [-0.4, -0.2) is 22.8 Å². The van der Waals surface area contributed by atoms with E-state index in [1.807, 2.05) is 24.3 Å². The SMILES string of the molecule is CCOC(=O)c1cc(-c2ccc(Br)cc2)n[nH]1. The van der Waals surface area contributed by atoms with Crippen molar-refractivity contribution in [2.75, 3.05) is 6.61 Å². The molecular weight excluding hydrogens is 284 g/mol. The summed E-state index contributed by atoms with van der Waals surface area (Å²) >= 11 is 3.36. The van der Waals surface area contributed by atoms with Gasteiger partial charge in [-0.2, -0.15) is 5.10 Å². The molecule has 88 valence electrons. The van der Waals surface area contributed by atoms with E-state index in [2.05, 4.69) is 26.1 Å². The first-order valence-corrected chi connectivity index (χ1v) is 5.98. The van der Waals surface area contributed by atoms with Crippen molar-refractivity contribution in [3.8, 4) is 11.3 Å². The van der Waals surface area contributed by atoms with Crippen LogP contribution in [0.4, 0.5) is 0 Å². The molecule has 17 heavy (non-hydrogen) atoms. The second kappa shape index (κ2) is 5.14. The fourth-order valence-electron chi connectivity index (χ4n) is 1.40. The molecule has 2 rings (SSSR count). The minimum atomic E-state index is -0.386. The van der Waals surface area contributed by atoms with Crippen molar-refractivity contribution in [2.24, 2.45) is 0 Å². The lowest BCUT2D eigenvalue weighted by atomic mass is 10.1. The van der Waals surface area contributed by atoms with Crippen molar-refractivity contribution in [3.63, 3.8) is 0 Å². The summed E-state index contributed by atoms with van der Waals surface area (Å²) in [5.41, 5.74) is 2.03. The Kier molecular flexibility index (Phi) is 3.58. The van der Waals surface area contributed by atoms with Gasteiger partial charge in [-0.25, -0.2) is 4.79 Å². The number of carbonyl (C=O) groups is 1. The minimum absolute atomic E-state index is 0.353. The van der Waals surface area contributed by atoms with Gasteiger partial charge in [0.05, 0.1) is 12.3 Å². The number of benzene rings is 1. The molecule has 0 saturated heterocycles. The molecular formula is C12H11BrN2O2. The maximum atomic E-state index is 11.4. The van der Waals surface area contributed by atoms with Gasteiger partial charge in [0.1, 0.15) is 5.69 Å². The van der Waals surface area contributed by atoms with Crippen molar-refractivity contribution < 1.29 is 9.53 Å². The average molecular weight is 295 g/mol. The third kappa shape index (κ3) is 2.74. The molecule has 0 aliphatic carbocycles. The van der Waals surface area contributed by atoms with Crippen molar-refractivity contribution in [2.45, 2.75) is 6.92 Å². The summed E-state index contributed by atoms with van der Waals surface area (Å²) in [6, 6.07) is 9.38. The average Bonchev–Trinajstić information content (AvgIpc) is 2.80. The lowest BCUT2D eigenvalue weighted by molar-refractivity contribution is 0.0519. The summed E-state index contributed by atoms with van der Waals surface area (Å²) in [6.45, 7) is 2.12. The Morgan fingerprint density at radius 2 is 2.12 bits per heavy atom. The van der Waals surface area contributed by atoms with E-state index < -0.39 is 0 Å². The number of nitrogens with zero attached hydrogens (tertiary/aromatic N) is 1. The topological polar surface area (TPSA) is 55.0 Å². The van der Waals surface area contributed by atoms with Crippen LogP contribution in [0.25, 0.3) is 11.3 Å². The van der Waals surface area contributed by atoms with Crippen molar-refractivity contribution in [3.05, 3.63) is 40.5 Å². The van der Waals surface area contributed by atoms with Crippen LogP contribution in [0.1, 0.15) is 17.4 Å². The summed E-state index contributed by atoms with van der Waals surface area (Å²) in [6.07, 6.45) is 0. The number of H-pyrrole nitrogens is 1. The molecule has 0 spiro atoms. The van der Waals surface area contributed by atoms with E-state index >= 15 is 0 Å². The summed E-state index contributed by atoms with van der Waals surface area (Å²) in [5.74, 6) is -0.386. The normalized spacial score (nSPS) is 10.2. The van der Waals surface area contributed by atoms with Gasteiger partial charge in [-0.1, -0.05) is 28.1 Å². The largest absolute Gasteiger partial charge is 0.461 e. The van der Waals surface area contributed by atoms with E-state index in [4.69, 9.17) is 4.74 Å². The lowest BCUT2D eigenvalue weighted by Crippen LogP contribution is -2.04. The van der Waals surface area contributed by atoms with Gasteiger partial charge in [-0.05, 0) is 25.1 Å². The number of carbonyl (C=O) groups excluding carboxylic acids is 1. The smallest absolute Gasteiger partial charge is 0.356 e. The van der Waals surface area contributed by atoms with Crippen LogP contribution < -0.4 is 0 Å². The van der Waals surface area contributed by atoms with Gasteiger partial charge in [-0.15, -0.1) is 0 Å². The number of halogens is 1. The Balaban J connectivity index is 2.23. The molecule has 1 aromatic carbocycles. The molecule has 0 aliphatic rings. The van der Waals surface area contributed by atoms with Gasteiger partial charge in [0, 0.05) is 10.0 Å². The quantitative estimate of drug-likeness (QED) is 0.886. The molecule has 2 aromatic rings. The summed E-state index contributed by atoms with van der Waals surface area (Å²) in [5, 5.41) is 6.75. The first-order chi connectivity index (χ1) is 8.20. The molecule has 0 aliphatic heterocycles. The Morgan fingerprint density at radius 1 is 1.41 bits per heavy atom. The molecule has 0 fully saturated rings. The number of hydrogen-bond acceptors (Lipinski definition) is 3. The van der Waals surface area contributed by atoms with Crippen molar-refractivity contribution in [1.82, 2.24) is 10.2 Å². The van der Waals surface area contributed by atoms with Crippen LogP contribution >= 0.6 is 15.9 Å². The van der Waals surface area contributed by atoms with Gasteiger partial charge < -0.3 is 4.74 Å². The predicted octanol–water partition coefficient (Wildman–Crippen LogP) is 3.02. The van der Waals surface area contributed by atoms with Crippen LogP contribution in [0.3, 0.4) is 0 Å². The number of aromatic amines is 1. The third-order valence-electron chi connectivity index (χ3n) is 2.21. The van der Waals surface area contributed by atoms with Gasteiger partial charge in [0.2, 0.25) is 0 Å². The van der Waals surface area contributed by atoms with Crippen LogP contribution in [0, 0.1) is 0 Å². The molecule has 1 heterocycles. The van der Waals surface area contributed by atoms with Crippen molar-refractivity contribution >= 4 is 21.9 Å². The molecule has 0 amide bonds. The summed E-state index contributed by atoms with van der Waals surface area (Å²) in [4.78, 5) is 11.4. The standard InChI is InChI=1S/C12H11BrN2O2/c1-2-17-12(16)11-7-10(14-15-11)8-3-5-9(13)6-4-8/h3-7H,2H2,1H3,(H,14,15). The number of rotatable bonds is 3. The first-order valence-electron chi connectivity index (χ1n) is 5.19. The van der Waals surface area contributed by atoms with Crippen LogP contribution in [-0.2, 0) is 4.74 Å². The number of esters is 1. The fourth-order valence-corrected chi connectivity index (χ4v) is 1.67. The van der Waals surface area contributed by atoms with E-state index in [0.29, 0.717) is 12.3 Å². The fraction of sp³-hybridized carbons (Fsp3) is 0.167. The zero-order chi connectivity index (χ0) is 12.3. The number of nitrogens with one attached hydrogen (secondary N) is 1. The van der Waals surface area contributed by atoms with Crippen molar-refractivity contribution in [1.29, 1.82) is 0 Å². The maximum absolute atomic E-state index is 11.4. The van der Waals surface area contributed by atoms with Gasteiger partial charge in [0.25, 0.3) is 0 Å². The molecule has 0 radical (unpaired) electrons. The molecule has 0 unspecified atom stereocenters. The van der Waals surface area contributed by atoms with E-state index in [1.165, 1.54) is 0 Å². The second-order valence-electron chi connectivity index (χ2n) is 3.39. The Labute approximate surface area is 107 Å². The van der Waals surface area contributed by atoms with E-state index in [9.17, 15) is 4.79 Å². The highest BCUT2D eigenvalue weighted by atomic mass is 79.9. The zero-order valence-corrected chi connectivity index (χ0v) is 10.8. The predicted molar refractivity (Wildman–Crippen MR) is 67.7 cm³/mol. The summed E-state index contributed by atoms with van der Waals surface area (Å²) < 4.78 is 5.88. The van der Waals surface area contributed by atoms with Crippen LogP contribution in [0.15, 0.2) is 34.8 Å². The molecule has 5 heteroatoms. The third-order valence-corrected chi connectivity index (χ3v) is 2.74. The number of aromatic nitrogens is 2. The number of hydrogen-bond donors (Lipinski definition) is 1. The molecule has 1 N–H and O–H groups in total. The highest BCUT2D eigenvalue weighted by molar-refractivity contribution is 9.10. The number of ether oxygens (including phenoxy) is 1. The minimum Gasteiger partial charge on any atom is -0.461 e. The van der Waals surface area contributed by atoms with Gasteiger partial charge in [0.15, 0.2) is 0 Å². The van der Waals surface area contributed by atoms with E-state index in [1.54, 1.807) is 13.0 Å². The monoisotopic (exact) mass is 294 g/mol. The molecule has 1 aromatic heterocycles. The Hall–Kier alpha value is -1.62. The molecule has 0 saturated carbocycles. The Bertz CT molecular complexity index is 520. The zero-order valence-electron chi connectivity index (χ0n) is 9.24. The highest BCUT2D eigenvalue weighted by Crippen LogP contribution is 2.20. The van der Waals surface area contributed by atoms with Crippen LogP contribution in [0.2, 0.25) is 0 Å². The van der Waals surface area contributed by atoms with Crippen LogP contribution in [0.5, 0.6) is 0 Å². The molecule has 0 atom stereocenters. The highest BCUT2D eigenvalue weighted by Gasteiger charge is 2.11. The second-order valence-corrected chi connectivity index (χ2v) is 4.31. The van der Waals surface area contributed by atoms with E-state index in [0.717, 1.165) is 15.7 Å². The molecule has 4 nitrogen and oxygen atoms in total. The lowest BCUT2D eigenvalue weighted by Gasteiger charge is -1.96.